The zero-order chi connectivity index (χ0) is 17.3. The maximum atomic E-state index is 11.5. The number of nitrogens with zero attached hydrogens (tertiary/aromatic N) is 1. The summed E-state index contributed by atoms with van der Waals surface area (Å²) in [7, 11) is 0. The number of thiocarbonyl (C=S) groups is 1. The van der Waals surface area contributed by atoms with Gasteiger partial charge in [0.05, 0.1) is 5.52 Å². The lowest BCUT2D eigenvalue weighted by Gasteiger charge is -2.08. The second-order valence-electron chi connectivity index (χ2n) is 5.00. The number of Topliss-reactive ketones (excluding diaryl/α,β-unsaturated/α-hetero) is 1. The fraction of sp³-hybridized carbons (Fsp3) is 0.0588. The summed E-state index contributed by atoms with van der Waals surface area (Å²) in [5, 5.41) is 0.0909. The van der Waals surface area contributed by atoms with Gasteiger partial charge in [-0.15, -0.1) is 0 Å². The van der Waals surface area contributed by atoms with Gasteiger partial charge < -0.3 is 9.15 Å². The zero-order valence-electron chi connectivity index (χ0n) is 12.5. The maximum absolute atomic E-state index is 11.5. The predicted octanol–water partition coefficient (Wildman–Crippen LogP) is 4.19. The molecule has 0 radical (unpaired) electrons. The molecule has 1 aromatic heterocycles. The van der Waals surface area contributed by atoms with Crippen LogP contribution in [-0.4, -0.2) is 21.8 Å². The molecule has 0 fully saturated rings. The molecule has 1 heterocycles. The van der Waals surface area contributed by atoms with Crippen LogP contribution in [0.4, 0.5) is 0 Å². The minimum Gasteiger partial charge on any atom is -0.431 e. The van der Waals surface area contributed by atoms with Gasteiger partial charge in [0, 0.05) is 11.1 Å². The van der Waals surface area contributed by atoms with Gasteiger partial charge in [-0.1, -0.05) is 0 Å². The van der Waals surface area contributed by atoms with E-state index < -0.39 is 0 Å². The molecule has 0 atom stereocenters. The van der Waals surface area contributed by atoms with Crippen molar-refractivity contribution in [2.75, 3.05) is 0 Å². The number of rotatable bonds is 3. The molecular formula is C17H11NO4S2. The molecule has 0 amide bonds. The Bertz CT molecular complexity index is 1020. The molecule has 3 rings (SSSR count). The van der Waals surface area contributed by atoms with Crippen LogP contribution in [0.5, 0.6) is 5.75 Å². The van der Waals surface area contributed by atoms with Crippen LogP contribution in [0.3, 0.4) is 0 Å². The van der Waals surface area contributed by atoms with E-state index in [0.717, 1.165) is 6.29 Å². The Morgan fingerprint density at radius 3 is 2.54 bits per heavy atom. The van der Waals surface area contributed by atoms with E-state index in [1.807, 2.05) is 0 Å². The Morgan fingerprint density at radius 2 is 1.92 bits per heavy atom. The quantitative estimate of drug-likeness (QED) is 0.398. The van der Waals surface area contributed by atoms with Crippen molar-refractivity contribution in [2.45, 2.75) is 6.92 Å². The van der Waals surface area contributed by atoms with Gasteiger partial charge in [-0.25, -0.2) is 4.57 Å². The highest BCUT2D eigenvalue weighted by Crippen LogP contribution is 2.21. The van der Waals surface area contributed by atoms with Crippen LogP contribution in [-0.2, 0) is 0 Å². The summed E-state index contributed by atoms with van der Waals surface area (Å²) in [5.41, 5.74) is 2.12. The number of benzene rings is 2. The SMILES string of the molecule is CC(=O)c1ccc2c(c1)oc(=S)n2C(=S)Oc1ccc(C=O)cc1. The summed E-state index contributed by atoms with van der Waals surface area (Å²) in [6.45, 7) is 1.48. The van der Waals surface area contributed by atoms with Crippen LogP contribution in [0.25, 0.3) is 11.1 Å². The molecule has 120 valence electrons. The van der Waals surface area contributed by atoms with Crippen molar-refractivity contribution in [2.24, 2.45) is 0 Å². The second kappa shape index (κ2) is 6.46. The monoisotopic (exact) mass is 357 g/mol. The minimum atomic E-state index is -0.0696. The number of ether oxygens (including phenoxy) is 1. The van der Waals surface area contributed by atoms with E-state index in [0.29, 0.717) is 28.0 Å². The van der Waals surface area contributed by atoms with Crippen LogP contribution in [0.1, 0.15) is 27.6 Å². The number of aromatic nitrogens is 1. The molecule has 3 aromatic rings. The van der Waals surface area contributed by atoms with E-state index in [1.54, 1.807) is 42.5 Å². The third kappa shape index (κ3) is 3.04. The Balaban J connectivity index is 1.97. The molecule has 0 N–H and O–H groups in total. The summed E-state index contributed by atoms with van der Waals surface area (Å²) in [6.07, 6.45) is 0.744. The maximum Gasteiger partial charge on any atom is 0.277 e. The number of oxazole rings is 1. The van der Waals surface area contributed by atoms with Crippen molar-refractivity contribution in [3.05, 3.63) is 58.4 Å². The lowest BCUT2D eigenvalue weighted by Crippen LogP contribution is -2.16. The molecule has 0 bridgehead atoms. The van der Waals surface area contributed by atoms with E-state index >= 15 is 0 Å². The number of aldehydes is 1. The van der Waals surface area contributed by atoms with Crippen molar-refractivity contribution < 1.29 is 18.7 Å². The first-order valence-electron chi connectivity index (χ1n) is 6.93. The van der Waals surface area contributed by atoms with Crippen LogP contribution in [0, 0.1) is 4.84 Å². The van der Waals surface area contributed by atoms with Crippen LogP contribution in [0.2, 0.25) is 0 Å². The van der Waals surface area contributed by atoms with Crippen molar-refractivity contribution in [3.8, 4) is 5.75 Å². The Kier molecular flexibility index (Phi) is 4.37. The van der Waals surface area contributed by atoms with E-state index in [2.05, 4.69) is 0 Å². The van der Waals surface area contributed by atoms with Gasteiger partial charge in [-0.05, 0) is 73.8 Å². The van der Waals surface area contributed by atoms with Gasteiger partial charge in [-0.3, -0.25) is 9.59 Å². The zero-order valence-corrected chi connectivity index (χ0v) is 14.1. The van der Waals surface area contributed by atoms with Crippen LogP contribution < -0.4 is 4.74 Å². The normalized spacial score (nSPS) is 10.5. The Morgan fingerprint density at radius 1 is 1.21 bits per heavy atom. The molecular weight excluding hydrogens is 346 g/mol. The highest BCUT2D eigenvalue weighted by Gasteiger charge is 2.14. The van der Waals surface area contributed by atoms with Gasteiger partial charge in [0.2, 0.25) is 0 Å². The van der Waals surface area contributed by atoms with E-state index in [9.17, 15) is 9.59 Å². The third-order valence-corrected chi connectivity index (χ3v) is 3.92. The lowest BCUT2D eigenvalue weighted by molar-refractivity contribution is 0.101. The average Bonchev–Trinajstić information content (AvgIpc) is 2.90. The van der Waals surface area contributed by atoms with Gasteiger partial charge >= 0.3 is 0 Å². The molecule has 0 aliphatic carbocycles. The van der Waals surface area contributed by atoms with E-state index in [4.69, 9.17) is 33.6 Å². The van der Waals surface area contributed by atoms with Gasteiger partial charge in [0.25, 0.3) is 10.0 Å². The molecule has 7 heteroatoms. The van der Waals surface area contributed by atoms with Gasteiger partial charge in [0.1, 0.15) is 12.0 Å². The first-order valence-corrected chi connectivity index (χ1v) is 7.75. The Hall–Kier alpha value is -2.64. The van der Waals surface area contributed by atoms with Crippen LogP contribution in [0.15, 0.2) is 46.9 Å². The highest BCUT2D eigenvalue weighted by atomic mass is 32.1. The molecule has 0 aliphatic heterocycles. The molecule has 0 saturated heterocycles. The first-order chi connectivity index (χ1) is 11.5. The molecule has 5 nitrogen and oxygen atoms in total. The smallest absolute Gasteiger partial charge is 0.277 e. The van der Waals surface area contributed by atoms with Crippen molar-refractivity contribution in [1.29, 1.82) is 0 Å². The van der Waals surface area contributed by atoms with E-state index in [-0.39, 0.29) is 15.8 Å². The van der Waals surface area contributed by atoms with Crippen molar-refractivity contribution in [3.63, 3.8) is 0 Å². The standard InChI is InChI=1S/C17H11NO4S2/c1-10(20)12-4-7-14-15(8-12)22-17(24)18(14)16(23)21-13-5-2-11(9-19)3-6-13/h2-9H,1H3. The number of carbonyl (C=O) groups excluding carboxylic acids is 2. The largest absolute Gasteiger partial charge is 0.431 e. The highest BCUT2D eigenvalue weighted by molar-refractivity contribution is 7.80. The molecule has 0 unspecified atom stereocenters. The average molecular weight is 357 g/mol. The van der Waals surface area contributed by atoms with Crippen molar-refractivity contribution >= 4 is 52.8 Å². The first kappa shape index (κ1) is 16.2. The summed E-state index contributed by atoms with van der Waals surface area (Å²) < 4.78 is 12.6. The fourth-order valence-electron chi connectivity index (χ4n) is 2.17. The lowest BCUT2D eigenvalue weighted by atomic mass is 10.1. The molecule has 0 aliphatic rings. The number of hydrogen-bond donors (Lipinski definition) is 0. The molecule has 0 saturated carbocycles. The number of ketones is 1. The summed E-state index contributed by atoms with van der Waals surface area (Å²) in [5.74, 6) is 0.405. The number of fused-ring (bicyclic) bond motifs is 1. The molecule has 0 spiro atoms. The van der Waals surface area contributed by atoms with Gasteiger partial charge in [-0.2, -0.15) is 0 Å². The van der Waals surface area contributed by atoms with Crippen molar-refractivity contribution in [1.82, 2.24) is 4.57 Å². The summed E-state index contributed by atoms with van der Waals surface area (Å²) >= 11 is 10.5. The molecule has 24 heavy (non-hydrogen) atoms. The fourth-order valence-corrected chi connectivity index (χ4v) is 2.78. The Labute approximate surface area is 147 Å². The number of hydrogen-bond acceptors (Lipinski definition) is 6. The summed E-state index contributed by atoms with van der Waals surface area (Å²) in [4.78, 5) is 22.3. The van der Waals surface area contributed by atoms with Crippen LogP contribution >= 0.6 is 24.4 Å². The topological polar surface area (TPSA) is 61.4 Å². The predicted molar refractivity (Wildman–Crippen MR) is 95.5 cm³/mol. The van der Waals surface area contributed by atoms with Gasteiger partial charge in [0.15, 0.2) is 11.4 Å². The minimum absolute atomic E-state index is 0.0696. The van der Waals surface area contributed by atoms with E-state index in [1.165, 1.54) is 11.5 Å². The number of carbonyl (C=O) groups is 2. The summed E-state index contributed by atoms with van der Waals surface area (Å²) in [6, 6.07) is 11.5. The molecule has 2 aromatic carbocycles. The third-order valence-electron chi connectivity index (χ3n) is 3.39. The second-order valence-corrected chi connectivity index (χ2v) is 5.70.